The smallest absolute Gasteiger partial charge is 0.256 e. The molecular weight excluding hydrogens is 375 g/mol. The number of benzene rings is 1. The summed E-state index contributed by atoms with van der Waals surface area (Å²) in [4.78, 5) is 24.0. The van der Waals surface area contributed by atoms with E-state index in [4.69, 9.17) is 11.6 Å². The summed E-state index contributed by atoms with van der Waals surface area (Å²) in [5.41, 5.74) is 2.43. The molecule has 7 nitrogen and oxygen atoms in total. The molecular formula is C17H16Cl2N6O. The molecule has 3 aromatic rings. The minimum atomic E-state index is -0.325. The second-order valence-electron chi connectivity index (χ2n) is 6.48. The van der Waals surface area contributed by atoms with Crippen LogP contribution in [0.4, 0.5) is 17.2 Å². The molecule has 0 unspecified atom stereocenters. The second-order valence-corrected chi connectivity index (χ2v) is 6.89. The number of H-pyrrole nitrogens is 1. The first-order valence-electron chi connectivity index (χ1n) is 8.13. The van der Waals surface area contributed by atoms with Crippen LogP contribution >= 0.6 is 24.0 Å². The predicted molar refractivity (Wildman–Crippen MR) is 104 cm³/mol. The van der Waals surface area contributed by atoms with E-state index in [2.05, 4.69) is 30.9 Å². The number of nitrogens with one attached hydrogen (secondary N) is 4. The molecule has 2 aliphatic rings. The van der Waals surface area contributed by atoms with Gasteiger partial charge >= 0.3 is 0 Å². The Balaban J connectivity index is 0.00000168. The number of hydrogen-bond acceptors (Lipinski definition) is 5. The van der Waals surface area contributed by atoms with Crippen molar-refractivity contribution in [2.24, 2.45) is 0 Å². The summed E-state index contributed by atoms with van der Waals surface area (Å²) >= 11 is 6.38. The molecule has 134 valence electrons. The van der Waals surface area contributed by atoms with Gasteiger partial charge in [-0.2, -0.15) is 0 Å². The Labute approximate surface area is 160 Å². The van der Waals surface area contributed by atoms with E-state index >= 15 is 0 Å². The Bertz CT molecular complexity index is 1010. The third kappa shape index (κ3) is 2.55. The molecule has 4 N–H and O–H groups in total. The van der Waals surface area contributed by atoms with Crippen LogP contribution in [-0.4, -0.2) is 26.5 Å². The second kappa shape index (κ2) is 6.03. The summed E-state index contributed by atoms with van der Waals surface area (Å²) < 4.78 is 0. The number of anilines is 3. The molecule has 5 rings (SSSR count). The van der Waals surface area contributed by atoms with Crippen molar-refractivity contribution in [3.63, 3.8) is 0 Å². The van der Waals surface area contributed by atoms with Crippen LogP contribution in [0.5, 0.6) is 0 Å². The number of carbonyl (C=O) groups is 1. The van der Waals surface area contributed by atoms with Crippen LogP contribution < -0.4 is 16.0 Å². The predicted octanol–water partition coefficient (Wildman–Crippen LogP) is 3.81. The first-order valence-corrected chi connectivity index (χ1v) is 8.51. The van der Waals surface area contributed by atoms with Crippen LogP contribution in [-0.2, 0) is 0 Å². The van der Waals surface area contributed by atoms with Crippen molar-refractivity contribution < 1.29 is 4.79 Å². The number of nitrogens with zero attached hydrogens (tertiary/aromatic N) is 2. The van der Waals surface area contributed by atoms with Gasteiger partial charge in [0.15, 0.2) is 0 Å². The summed E-state index contributed by atoms with van der Waals surface area (Å²) in [5, 5.41) is 11.0. The molecule has 1 saturated carbocycles. The van der Waals surface area contributed by atoms with E-state index in [1.54, 1.807) is 6.07 Å². The van der Waals surface area contributed by atoms with Gasteiger partial charge in [0.05, 0.1) is 21.7 Å². The van der Waals surface area contributed by atoms with Crippen LogP contribution in [0.1, 0.15) is 29.6 Å². The maximum absolute atomic E-state index is 12.4. The van der Waals surface area contributed by atoms with Crippen molar-refractivity contribution >= 4 is 58.1 Å². The van der Waals surface area contributed by atoms with Gasteiger partial charge in [-0.15, -0.1) is 12.4 Å². The number of carbonyl (C=O) groups excluding carboxylic acids is 1. The Kier molecular flexibility index (Phi) is 3.93. The topological polar surface area (TPSA) is 94.7 Å². The van der Waals surface area contributed by atoms with Gasteiger partial charge in [0.1, 0.15) is 23.5 Å². The third-order valence-corrected chi connectivity index (χ3v) is 5.17. The lowest BCUT2D eigenvalue weighted by molar-refractivity contribution is 0.0844. The average Bonchev–Trinajstić information content (AvgIpc) is 3.02. The third-order valence-electron chi connectivity index (χ3n) is 4.87. The highest BCUT2D eigenvalue weighted by atomic mass is 35.5. The monoisotopic (exact) mass is 390 g/mol. The molecule has 1 aliphatic heterocycles. The van der Waals surface area contributed by atoms with Crippen LogP contribution in [0.25, 0.3) is 11.0 Å². The minimum Gasteiger partial charge on any atom is -0.362 e. The highest BCUT2D eigenvalue weighted by Crippen LogP contribution is 2.41. The highest BCUT2D eigenvalue weighted by Gasteiger charge is 2.43. The van der Waals surface area contributed by atoms with Gasteiger partial charge in [-0.3, -0.25) is 4.79 Å². The maximum atomic E-state index is 12.4. The molecule has 1 aromatic carbocycles. The number of halogens is 2. The molecule has 1 fully saturated rings. The van der Waals surface area contributed by atoms with Crippen molar-refractivity contribution in [2.75, 3.05) is 10.6 Å². The number of fused-ring (bicyclic) bond motifs is 2. The molecule has 1 aliphatic carbocycles. The summed E-state index contributed by atoms with van der Waals surface area (Å²) in [6.07, 6.45) is 6.25. The average molecular weight is 391 g/mol. The van der Waals surface area contributed by atoms with Gasteiger partial charge in [-0.05, 0) is 37.5 Å². The molecule has 0 atom stereocenters. The summed E-state index contributed by atoms with van der Waals surface area (Å²) in [6, 6.07) is 5.55. The Hall–Kier alpha value is -2.51. The SMILES string of the molecule is Cl.O=C1NC2(CCC2)Nc2cc(Nc3ncnc4[nH]ccc34)cc(Cl)c21. The zero-order valence-electron chi connectivity index (χ0n) is 13.6. The highest BCUT2D eigenvalue weighted by molar-refractivity contribution is 6.35. The van der Waals surface area contributed by atoms with E-state index in [0.717, 1.165) is 41.7 Å². The largest absolute Gasteiger partial charge is 0.362 e. The van der Waals surface area contributed by atoms with Crippen molar-refractivity contribution in [1.82, 2.24) is 20.3 Å². The minimum absolute atomic E-state index is 0. The van der Waals surface area contributed by atoms with Crippen molar-refractivity contribution in [1.29, 1.82) is 0 Å². The van der Waals surface area contributed by atoms with E-state index in [-0.39, 0.29) is 24.0 Å². The zero-order valence-corrected chi connectivity index (χ0v) is 15.2. The zero-order chi connectivity index (χ0) is 17.0. The van der Waals surface area contributed by atoms with Gasteiger partial charge in [-0.25, -0.2) is 9.97 Å². The lowest BCUT2D eigenvalue weighted by Crippen LogP contribution is -2.61. The fourth-order valence-corrected chi connectivity index (χ4v) is 3.77. The lowest BCUT2D eigenvalue weighted by atomic mass is 9.82. The normalized spacial score (nSPS) is 16.9. The van der Waals surface area contributed by atoms with E-state index < -0.39 is 0 Å². The number of rotatable bonds is 2. The number of amides is 1. The molecule has 2 aromatic heterocycles. The standard InChI is InChI=1S/C17H15ClN6O.ClH/c18-11-6-9(22-15-10-2-5-19-14(10)20-8-21-15)7-12-13(11)16(25)24-17(23-12)3-1-4-17;/h2,5-8,23H,1,3-4H2,(H,24,25)(H2,19,20,21,22);1H. The van der Waals surface area contributed by atoms with E-state index in [0.29, 0.717) is 16.4 Å². The number of hydrogen-bond donors (Lipinski definition) is 4. The molecule has 0 radical (unpaired) electrons. The fraction of sp³-hybridized carbons (Fsp3) is 0.235. The molecule has 0 bridgehead atoms. The van der Waals surface area contributed by atoms with E-state index in [1.807, 2.05) is 18.3 Å². The molecule has 26 heavy (non-hydrogen) atoms. The summed E-state index contributed by atoms with van der Waals surface area (Å²) in [6.45, 7) is 0. The maximum Gasteiger partial charge on any atom is 0.256 e. The van der Waals surface area contributed by atoms with Crippen molar-refractivity contribution in [3.05, 3.63) is 41.3 Å². The quantitative estimate of drug-likeness (QED) is 0.533. The number of aromatic amines is 1. The summed E-state index contributed by atoms with van der Waals surface area (Å²) in [5.74, 6) is 0.556. The van der Waals surface area contributed by atoms with Gasteiger partial charge in [-0.1, -0.05) is 11.6 Å². The Morgan fingerprint density at radius 3 is 2.81 bits per heavy atom. The molecule has 9 heteroatoms. The van der Waals surface area contributed by atoms with E-state index in [1.165, 1.54) is 6.33 Å². The van der Waals surface area contributed by atoms with Gasteiger partial charge in [0.2, 0.25) is 0 Å². The first kappa shape index (κ1) is 16.9. The fourth-order valence-electron chi connectivity index (χ4n) is 3.47. The molecule has 0 saturated heterocycles. The van der Waals surface area contributed by atoms with Crippen LogP contribution in [0.15, 0.2) is 30.7 Å². The van der Waals surface area contributed by atoms with Gasteiger partial charge < -0.3 is 20.9 Å². The van der Waals surface area contributed by atoms with E-state index in [9.17, 15) is 4.79 Å². The lowest BCUT2D eigenvalue weighted by Gasteiger charge is -2.47. The number of aromatic nitrogens is 3. The molecule has 1 spiro atoms. The van der Waals surface area contributed by atoms with Gasteiger partial charge in [0.25, 0.3) is 5.91 Å². The van der Waals surface area contributed by atoms with Crippen molar-refractivity contribution in [3.8, 4) is 0 Å². The Morgan fingerprint density at radius 1 is 1.19 bits per heavy atom. The van der Waals surface area contributed by atoms with Crippen LogP contribution in [0.2, 0.25) is 5.02 Å². The van der Waals surface area contributed by atoms with Crippen LogP contribution in [0.3, 0.4) is 0 Å². The first-order chi connectivity index (χ1) is 12.1. The van der Waals surface area contributed by atoms with Crippen LogP contribution in [0, 0.1) is 0 Å². The van der Waals surface area contributed by atoms with Crippen molar-refractivity contribution in [2.45, 2.75) is 24.9 Å². The Morgan fingerprint density at radius 2 is 2.04 bits per heavy atom. The van der Waals surface area contributed by atoms with Gasteiger partial charge in [0, 0.05) is 11.9 Å². The molecule has 1 amide bonds. The summed E-state index contributed by atoms with van der Waals surface area (Å²) in [7, 11) is 0. The molecule has 3 heterocycles.